The molecule has 5 heteroatoms. The summed E-state index contributed by atoms with van der Waals surface area (Å²) >= 11 is 0. The van der Waals surface area contributed by atoms with E-state index in [1.807, 2.05) is 24.3 Å². The number of anilines is 2. The quantitative estimate of drug-likeness (QED) is 0.942. The molecule has 1 amide bonds. The highest BCUT2D eigenvalue weighted by Gasteiger charge is 2.10. The molecule has 2 aromatic rings. The van der Waals surface area contributed by atoms with Crippen LogP contribution in [0.4, 0.5) is 11.4 Å². The van der Waals surface area contributed by atoms with Gasteiger partial charge in [0, 0.05) is 30.1 Å². The van der Waals surface area contributed by atoms with E-state index >= 15 is 0 Å². The average Bonchev–Trinajstić information content (AvgIpc) is 3.10. The predicted octanol–water partition coefficient (Wildman–Crippen LogP) is 3.07. The molecule has 0 saturated heterocycles. The Morgan fingerprint density at radius 1 is 1.23 bits per heavy atom. The summed E-state index contributed by atoms with van der Waals surface area (Å²) in [6.07, 6.45) is 6.84. The molecule has 0 bridgehead atoms. The number of carbonyl (C=O) groups is 1. The highest BCUT2D eigenvalue weighted by Crippen LogP contribution is 2.20. The fourth-order valence-electron chi connectivity index (χ4n) is 2.29. The number of ether oxygens (including phenoxy) is 1. The Hall–Kier alpha value is -2.82. The van der Waals surface area contributed by atoms with Gasteiger partial charge in [0.1, 0.15) is 0 Å². The zero-order valence-electron chi connectivity index (χ0n) is 12.3. The first-order valence-corrected chi connectivity index (χ1v) is 7.11. The molecule has 0 aliphatic carbocycles. The minimum absolute atomic E-state index is 0.157. The van der Waals surface area contributed by atoms with Crippen LogP contribution in [-0.2, 0) is 0 Å². The molecule has 2 heterocycles. The number of nitrogens with zero attached hydrogens (tertiary/aromatic N) is 2. The second-order valence-electron chi connectivity index (χ2n) is 4.96. The maximum atomic E-state index is 12.2. The third-order valence-electron chi connectivity index (χ3n) is 3.49. The average molecular weight is 295 g/mol. The number of hydrogen-bond acceptors (Lipinski definition) is 4. The van der Waals surface area contributed by atoms with Crippen molar-refractivity contribution in [3.05, 3.63) is 60.4 Å². The van der Waals surface area contributed by atoms with E-state index < -0.39 is 0 Å². The van der Waals surface area contributed by atoms with Crippen LogP contribution >= 0.6 is 0 Å². The van der Waals surface area contributed by atoms with Crippen LogP contribution in [0, 0.1) is 0 Å². The Bertz CT molecular complexity index is 678. The minimum Gasteiger partial charge on any atom is -0.481 e. The van der Waals surface area contributed by atoms with Gasteiger partial charge in [0.05, 0.1) is 19.0 Å². The van der Waals surface area contributed by atoms with Gasteiger partial charge in [0.25, 0.3) is 5.91 Å². The van der Waals surface area contributed by atoms with Gasteiger partial charge in [-0.15, -0.1) is 0 Å². The molecule has 1 aromatic heterocycles. The second kappa shape index (κ2) is 6.30. The fraction of sp³-hybridized carbons (Fsp3) is 0.176. The molecule has 0 fully saturated rings. The number of amides is 1. The summed E-state index contributed by atoms with van der Waals surface area (Å²) in [7, 11) is 1.55. The first-order chi connectivity index (χ1) is 10.8. The van der Waals surface area contributed by atoms with Crippen LogP contribution < -0.4 is 15.0 Å². The van der Waals surface area contributed by atoms with Crippen LogP contribution in [0.15, 0.2) is 54.9 Å². The van der Waals surface area contributed by atoms with E-state index in [1.54, 1.807) is 25.4 Å². The molecule has 112 valence electrons. The Balaban J connectivity index is 1.67. The van der Waals surface area contributed by atoms with Crippen LogP contribution in [0.5, 0.6) is 5.88 Å². The standard InChI is InChI=1S/C17H17N3O2/c1-22-16-9-6-14(12-18-16)19-17(21)13-4-7-15(8-5-13)20-10-2-3-11-20/h2,4-10,12H,3,11H2,1H3,(H,19,21). The number of pyridine rings is 1. The number of nitrogens with one attached hydrogen (secondary N) is 1. The van der Waals surface area contributed by atoms with E-state index in [2.05, 4.69) is 27.5 Å². The lowest BCUT2D eigenvalue weighted by atomic mass is 10.2. The van der Waals surface area contributed by atoms with Crippen molar-refractivity contribution >= 4 is 17.3 Å². The van der Waals surface area contributed by atoms with Gasteiger partial charge in [-0.2, -0.15) is 0 Å². The maximum Gasteiger partial charge on any atom is 0.255 e. The molecule has 1 aromatic carbocycles. The molecule has 1 aliphatic rings. The maximum absolute atomic E-state index is 12.2. The van der Waals surface area contributed by atoms with E-state index in [9.17, 15) is 4.79 Å². The Kier molecular flexibility index (Phi) is 4.05. The van der Waals surface area contributed by atoms with Crippen LogP contribution in [-0.4, -0.2) is 24.5 Å². The summed E-state index contributed by atoms with van der Waals surface area (Å²) < 4.78 is 4.99. The van der Waals surface area contributed by atoms with E-state index in [-0.39, 0.29) is 5.91 Å². The number of methoxy groups -OCH3 is 1. The molecule has 22 heavy (non-hydrogen) atoms. The molecule has 0 spiro atoms. The zero-order chi connectivity index (χ0) is 15.4. The van der Waals surface area contributed by atoms with Crippen LogP contribution in [0.1, 0.15) is 16.8 Å². The SMILES string of the molecule is COc1ccc(NC(=O)c2ccc(N3C=CCC3)cc2)cn1. The van der Waals surface area contributed by atoms with Gasteiger partial charge in [-0.3, -0.25) is 4.79 Å². The molecule has 0 atom stereocenters. The first kappa shape index (κ1) is 14.1. The molecule has 1 N–H and O–H groups in total. The van der Waals surface area contributed by atoms with Crippen LogP contribution in [0.2, 0.25) is 0 Å². The van der Waals surface area contributed by atoms with Crippen molar-refractivity contribution in [3.8, 4) is 5.88 Å². The fourth-order valence-corrected chi connectivity index (χ4v) is 2.29. The summed E-state index contributed by atoms with van der Waals surface area (Å²) in [5, 5.41) is 2.81. The number of hydrogen-bond donors (Lipinski definition) is 1. The van der Waals surface area contributed by atoms with Crippen molar-refractivity contribution in [1.82, 2.24) is 4.98 Å². The number of aromatic nitrogens is 1. The van der Waals surface area contributed by atoms with Crippen molar-refractivity contribution in [1.29, 1.82) is 0 Å². The highest BCUT2D eigenvalue weighted by molar-refractivity contribution is 6.04. The smallest absolute Gasteiger partial charge is 0.255 e. The van der Waals surface area contributed by atoms with Crippen molar-refractivity contribution in [3.63, 3.8) is 0 Å². The summed E-state index contributed by atoms with van der Waals surface area (Å²) in [5.74, 6) is 0.358. The first-order valence-electron chi connectivity index (χ1n) is 7.11. The topological polar surface area (TPSA) is 54.5 Å². The van der Waals surface area contributed by atoms with Gasteiger partial charge in [-0.1, -0.05) is 6.08 Å². The monoisotopic (exact) mass is 295 g/mol. The molecule has 1 aliphatic heterocycles. The predicted molar refractivity (Wildman–Crippen MR) is 86.3 cm³/mol. The lowest BCUT2D eigenvalue weighted by molar-refractivity contribution is 0.102. The van der Waals surface area contributed by atoms with Gasteiger partial charge in [-0.05, 0) is 36.8 Å². The van der Waals surface area contributed by atoms with E-state index in [1.165, 1.54) is 0 Å². The number of benzene rings is 1. The van der Waals surface area contributed by atoms with E-state index in [0.29, 0.717) is 17.1 Å². The Morgan fingerprint density at radius 3 is 2.64 bits per heavy atom. The third-order valence-corrected chi connectivity index (χ3v) is 3.49. The van der Waals surface area contributed by atoms with Crippen molar-refractivity contribution < 1.29 is 9.53 Å². The molecular formula is C17H17N3O2. The second-order valence-corrected chi connectivity index (χ2v) is 4.96. The zero-order valence-corrected chi connectivity index (χ0v) is 12.3. The highest BCUT2D eigenvalue weighted by atomic mass is 16.5. The summed E-state index contributed by atoms with van der Waals surface area (Å²) in [4.78, 5) is 18.4. The van der Waals surface area contributed by atoms with E-state index in [0.717, 1.165) is 18.7 Å². The molecule has 0 saturated carbocycles. The summed E-state index contributed by atoms with van der Waals surface area (Å²) in [5.41, 5.74) is 2.34. The van der Waals surface area contributed by atoms with E-state index in [4.69, 9.17) is 4.74 Å². The molecule has 3 rings (SSSR count). The van der Waals surface area contributed by atoms with Gasteiger partial charge in [-0.25, -0.2) is 4.98 Å². The van der Waals surface area contributed by atoms with Crippen molar-refractivity contribution in [2.24, 2.45) is 0 Å². The lowest BCUT2D eigenvalue weighted by Crippen LogP contribution is -2.14. The molecular weight excluding hydrogens is 278 g/mol. The van der Waals surface area contributed by atoms with Crippen molar-refractivity contribution in [2.45, 2.75) is 6.42 Å². The summed E-state index contributed by atoms with van der Waals surface area (Å²) in [6.45, 7) is 0.989. The van der Waals surface area contributed by atoms with Crippen LogP contribution in [0.3, 0.4) is 0 Å². The number of carbonyl (C=O) groups excluding carboxylic acids is 1. The van der Waals surface area contributed by atoms with Gasteiger partial charge >= 0.3 is 0 Å². The molecule has 0 unspecified atom stereocenters. The van der Waals surface area contributed by atoms with Gasteiger partial charge in [0.15, 0.2) is 0 Å². The Labute approximate surface area is 129 Å². The van der Waals surface area contributed by atoms with Gasteiger partial charge in [0.2, 0.25) is 5.88 Å². The minimum atomic E-state index is -0.157. The largest absolute Gasteiger partial charge is 0.481 e. The van der Waals surface area contributed by atoms with Crippen molar-refractivity contribution in [2.75, 3.05) is 23.9 Å². The molecule has 0 radical (unpaired) electrons. The van der Waals surface area contributed by atoms with Crippen LogP contribution in [0.25, 0.3) is 0 Å². The van der Waals surface area contributed by atoms with Gasteiger partial charge < -0.3 is 15.0 Å². The summed E-state index contributed by atoms with van der Waals surface area (Å²) in [6, 6.07) is 11.0. The normalized spacial score (nSPS) is 13.2. The number of rotatable bonds is 4. The Morgan fingerprint density at radius 2 is 2.05 bits per heavy atom. The lowest BCUT2D eigenvalue weighted by Gasteiger charge is -2.15. The molecule has 5 nitrogen and oxygen atoms in total. The third kappa shape index (κ3) is 3.09.